The molecule has 2 rings (SSSR count). The first-order valence-electron chi connectivity index (χ1n) is 4.05. The molecule has 0 aliphatic rings. The van der Waals surface area contributed by atoms with Crippen LogP contribution in [-0.2, 0) is 0 Å². The number of benzene rings is 1. The summed E-state index contributed by atoms with van der Waals surface area (Å²) in [6, 6.07) is 7.11. The third kappa shape index (κ3) is 1.91. The maximum atomic E-state index is 5.86. The van der Waals surface area contributed by atoms with Crippen LogP contribution in [0.15, 0.2) is 28.8 Å². The van der Waals surface area contributed by atoms with Crippen LogP contribution in [0.2, 0.25) is 10.0 Å². The van der Waals surface area contributed by atoms with Crippen LogP contribution in [0.25, 0.3) is 11.3 Å². The second-order valence-corrected chi connectivity index (χ2v) is 3.85. The Balaban J connectivity index is 2.51. The fraction of sp³-hybridized carbons (Fsp3) is 0.100. The largest absolute Gasteiger partial charge is 0.361 e. The van der Waals surface area contributed by atoms with Gasteiger partial charge in [0.25, 0.3) is 0 Å². The van der Waals surface area contributed by atoms with E-state index in [1.165, 1.54) is 0 Å². The van der Waals surface area contributed by atoms with Gasteiger partial charge in [-0.3, -0.25) is 0 Å². The molecule has 0 unspecified atom stereocenters. The highest BCUT2D eigenvalue weighted by Crippen LogP contribution is 2.26. The highest BCUT2D eigenvalue weighted by atomic mass is 35.5. The molecule has 72 valence electrons. The summed E-state index contributed by atoms with van der Waals surface area (Å²) in [4.78, 5) is 0. The zero-order chi connectivity index (χ0) is 10.1. The first-order chi connectivity index (χ1) is 6.65. The van der Waals surface area contributed by atoms with E-state index in [2.05, 4.69) is 5.16 Å². The predicted octanol–water partition coefficient (Wildman–Crippen LogP) is 3.96. The molecule has 1 heterocycles. The summed E-state index contributed by atoms with van der Waals surface area (Å²) in [6.07, 6.45) is 0. The fourth-order valence-corrected chi connectivity index (χ4v) is 1.73. The van der Waals surface area contributed by atoms with E-state index in [4.69, 9.17) is 27.7 Å². The molecule has 0 saturated carbocycles. The Bertz CT molecular complexity index is 445. The van der Waals surface area contributed by atoms with Gasteiger partial charge in [0.15, 0.2) is 0 Å². The average Bonchev–Trinajstić information content (AvgIpc) is 2.50. The maximum absolute atomic E-state index is 5.86. The quantitative estimate of drug-likeness (QED) is 0.738. The molecule has 14 heavy (non-hydrogen) atoms. The number of aromatic nitrogens is 1. The number of aryl methyl sites for hydroxylation is 1. The van der Waals surface area contributed by atoms with Gasteiger partial charge < -0.3 is 4.52 Å². The standard InChI is InChI=1S/C10H7Cl2NO/c1-6-2-10(13-14-6)7-3-8(11)5-9(12)4-7/h2-5H,1H3. The number of hydrogen-bond donors (Lipinski definition) is 0. The highest BCUT2D eigenvalue weighted by molar-refractivity contribution is 6.35. The third-order valence-corrected chi connectivity index (χ3v) is 2.22. The molecule has 2 aromatic rings. The van der Waals surface area contributed by atoms with Gasteiger partial charge in [0.1, 0.15) is 11.5 Å². The Labute approximate surface area is 91.4 Å². The molecule has 0 N–H and O–H groups in total. The summed E-state index contributed by atoms with van der Waals surface area (Å²) in [5.74, 6) is 0.760. The van der Waals surface area contributed by atoms with Crippen molar-refractivity contribution in [3.63, 3.8) is 0 Å². The molecule has 0 spiro atoms. The summed E-state index contributed by atoms with van der Waals surface area (Å²) in [5.41, 5.74) is 1.60. The summed E-state index contributed by atoms with van der Waals surface area (Å²) in [7, 11) is 0. The normalized spacial score (nSPS) is 10.5. The number of hydrogen-bond acceptors (Lipinski definition) is 2. The molecule has 4 heteroatoms. The third-order valence-electron chi connectivity index (χ3n) is 1.79. The van der Waals surface area contributed by atoms with Gasteiger partial charge in [0, 0.05) is 21.7 Å². The lowest BCUT2D eigenvalue weighted by Gasteiger charge is -1.97. The van der Waals surface area contributed by atoms with Gasteiger partial charge in [-0.05, 0) is 25.1 Å². The second-order valence-electron chi connectivity index (χ2n) is 2.98. The summed E-state index contributed by atoms with van der Waals surface area (Å²) in [5, 5.41) is 5.06. The van der Waals surface area contributed by atoms with E-state index in [0.717, 1.165) is 17.0 Å². The van der Waals surface area contributed by atoms with E-state index < -0.39 is 0 Å². The first-order valence-corrected chi connectivity index (χ1v) is 4.80. The monoisotopic (exact) mass is 227 g/mol. The van der Waals surface area contributed by atoms with Crippen LogP contribution in [0, 0.1) is 6.92 Å². The van der Waals surface area contributed by atoms with Crippen LogP contribution in [0.3, 0.4) is 0 Å². The van der Waals surface area contributed by atoms with Crippen molar-refractivity contribution in [1.29, 1.82) is 0 Å². The van der Waals surface area contributed by atoms with Gasteiger partial charge in [0.2, 0.25) is 0 Å². The second kappa shape index (κ2) is 3.64. The van der Waals surface area contributed by atoms with Crippen molar-refractivity contribution in [2.24, 2.45) is 0 Å². The zero-order valence-corrected chi connectivity index (χ0v) is 8.93. The van der Waals surface area contributed by atoms with E-state index in [9.17, 15) is 0 Å². The fourth-order valence-electron chi connectivity index (χ4n) is 1.20. The Morgan fingerprint density at radius 3 is 2.21 bits per heavy atom. The SMILES string of the molecule is Cc1cc(-c2cc(Cl)cc(Cl)c2)no1. The van der Waals surface area contributed by atoms with Gasteiger partial charge in [-0.2, -0.15) is 0 Å². The van der Waals surface area contributed by atoms with E-state index in [0.29, 0.717) is 10.0 Å². The molecule has 0 aliphatic heterocycles. The minimum Gasteiger partial charge on any atom is -0.361 e. The molecule has 0 bridgehead atoms. The highest BCUT2D eigenvalue weighted by Gasteiger charge is 2.05. The van der Waals surface area contributed by atoms with Gasteiger partial charge in [-0.15, -0.1) is 0 Å². The van der Waals surface area contributed by atoms with E-state index >= 15 is 0 Å². The smallest absolute Gasteiger partial charge is 0.134 e. The number of halogens is 2. The minimum absolute atomic E-state index is 0.591. The van der Waals surface area contributed by atoms with Crippen molar-refractivity contribution in [3.8, 4) is 11.3 Å². The van der Waals surface area contributed by atoms with Crippen molar-refractivity contribution in [2.45, 2.75) is 6.92 Å². The van der Waals surface area contributed by atoms with Gasteiger partial charge in [-0.1, -0.05) is 28.4 Å². The lowest BCUT2D eigenvalue weighted by molar-refractivity contribution is 0.399. The number of nitrogens with zero attached hydrogens (tertiary/aromatic N) is 1. The van der Waals surface area contributed by atoms with Gasteiger partial charge >= 0.3 is 0 Å². The maximum Gasteiger partial charge on any atom is 0.134 e. The van der Waals surface area contributed by atoms with Crippen molar-refractivity contribution < 1.29 is 4.52 Å². The first kappa shape index (κ1) is 9.56. The van der Waals surface area contributed by atoms with Crippen LogP contribution >= 0.6 is 23.2 Å². The molecule has 0 saturated heterocycles. The van der Waals surface area contributed by atoms with Crippen molar-refractivity contribution in [2.75, 3.05) is 0 Å². The van der Waals surface area contributed by atoms with Crippen molar-refractivity contribution in [3.05, 3.63) is 40.1 Å². The molecule has 0 aliphatic carbocycles. The molecule has 2 nitrogen and oxygen atoms in total. The van der Waals surface area contributed by atoms with Crippen molar-refractivity contribution in [1.82, 2.24) is 5.16 Å². The molecular weight excluding hydrogens is 221 g/mol. The van der Waals surface area contributed by atoms with Crippen LogP contribution in [0.1, 0.15) is 5.76 Å². The van der Waals surface area contributed by atoms with Gasteiger partial charge in [0.05, 0.1) is 0 Å². The van der Waals surface area contributed by atoms with E-state index in [1.807, 2.05) is 13.0 Å². The summed E-state index contributed by atoms with van der Waals surface area (Å²) >= 11 is 11.7. The topological polar surface area (TPSA) is 26.0 Å². The molecule has 0 radical (unpaired) electrons. The van der Waals surface area contributed by atoms with Crippen LogP contribution in [0.5, 0.6) is 0 Å². The Morgan fingerprint density at radius 2 is 1.71 bits per heavy atom. The molecule has 1 aromatic heterocycles. The average molecular weight is 228 g/mol. The lowest BCUT2D eigenvalue weighted by Crippen LogP contribution is -1.77. The summed E-state index contributed by atoms with van der Waals surface area (Å²) < 4.78 is 4.96. The van der Waals surface area contributed by atoms with Crippen LogP contribution < -0.4 is 0 Å². The molecule has 0 atom stereocenters. The molecular formula is C10H7Cl2NO. The summed E-state index contributed by atoms with van der Waals surface area (Å²) in [6.45, 7) is 1.84. The van der Waals surface area contributed by atoms with E-state index in [-0.39, 0.29) is 0 Å². The zero-order valence-electron chi connectivity index (χ0n) is 7.42. The molecule has 0 amide bonds. The predicted molar refractivity (Wildman–Crippen MR) is 56.7 cm³/mol. The van der Waals surface area contributed by atoms with Crippen LogP contribution in [0.4, 0.5) is 0 Å². The Hall–Kier alpha value is -0.990. The number of rotatable bonds is 1. The lowest BCUT2D eigenvalue weighted by atomic mass is 10.1. The van der Waals surface area contributed by atoms with Gasteiger partial charge in [-0.25, -0.2) is 0 Å². The Kier molecular flexibility index (Phi) is 2.48. The van der Waals surface area contributed by atoms with Crippen LogP contribution in [-0.4, -0.2) is 5.16 Å². The van der Waals surface area contributed by atoms with Crippen molar-refractivity contribution >= 4 is 23.2 Å². The Morgan fingerprint density at radius 1 is 1.07 bits per heavy atom. The molecule has 0 fully saturated rings. The minimum atomic E-state index is 0.591. The molecule has 1 aromatic carbocycles. The van der Waals surface area contributed by atoms with E-state index in [1.54, 1.807) is 18.2 Å².